The number of aromatic nitrogens is 2. The summed E-state index contributed by atoms with van der Waals surface area (Å²) in [4.78, 5) is 7.79. The van der Waals surface area contributed by atoms with Crippen LogP contribution in [-0.4, -0.2) is 9.97 Å². The number of benzene rings is 2. The first-order valence-electron chi connectivity index (χ1n) is 6.35. The smallest absolute Gasteiger partial charge is 0.104 e. The van der Waals surface area contributed by atoms with Crippen molar-refractivity contribution in [1.82, 2.24) is 9.97 Å². The molecule has 2 heteroatoms. The lowest BCUT2D eigenvalue weighted by atomic mass is 10.0. The molecule has 0 saturated carbocycles. The van der Waals surface area contributed by atoms with E-state index >= 15 is 0 Å². The van der Waals surface area contributed by atoms with Crippen LogP contribution in [-0.2, 0) is 0 Å². The van der Waals surface area contributed by atoms with E-state index in [2.05, 4.69) is 40.3 Å². The Labute approximate surface area is 108 Å². The summed E-state index contributed by atoms with van der Waals surface area (Å²) in [5, 5.41) is 0. The van der Waals surface area contributed by atoms with Crippen LogP contribution < -0.4 is 0 Å². The molecule has 0 radical (unpaired) electrons. The second-order valence-corrected chi connectivity index (χ2v) is 3.89. The van der Waals surface area contributed by atoms with Crippen LogP contribution in [0.3, 0.4) is 0 Å². The van der Waals surface area contributed by atoms with Gasteiger partial charge in [-0.15, -0.1) is 0 Å². The molecule has 2 nitrogen and oxygen atoms in total. The van der Waals surface area contributed by atoms with Crippen molar-refractivity contribution in [3.63, 3.8) is 0 Å². The topological polar surface area (TPSA) is 28.7 Å². The van der Waals surface area contributed by atoms with Gasteiger partial charge >= 0.3 is 0 Å². The van der Waals surface area contributed by atoms with Gasteiger partial charge in [-0.1, -0.05) is 56.3 Å². The van der Waals surface area contributed by atoms with Crippen LogP contribution in [0.1, 0.15) is 19.7 Å². The Morgan fingerprint density at radius 1 is 0.889 bits per heavy atom. The Bertz CT molecular complexity index is 624. The van der Waals surface area contributed by atoms with Gasteiger partial charge in [-0.25, -0.2) is 4.98 Å². The van der Waals surface area contributed by atoms with Gasteiger partial charge in [0.25, 0.3) is 0 Å². The minimum Gasteiger partial charge on any atom is -0.342 e. The summed E-state index contributed by atoms with van der Waals surface area (Å²) in [6.07, 6.45) is 0. The molecule has 1 heterocycles. The number of rotatable bonds is 1. The number of fused-ring (bicyclic) bond motifs is 1. The van der Waals surface area contributed by atoms with Crippen LogP contribution >= 0.6 is 0 Å². The zero-order chi connectivity index (χ0) is 13.0. The van der Waals surface area contributed by atoms with Gasteiger partial charge in [0.05, 0.1) is 11.0 Å². The molecule has 2 aromatic carbocycles. The van der Waals surface area contributed by atoms with Gasteiger partial charge in [-0.3, -0.25) is 0 Å². The molecule has 0 spiro atoms. The molecule has 0 bridgehead atoms. The fraction of sp³-hybridized carbons (Fsp3) is 0.188. The molecule has 0 unspecified atom stereocenters. The molecule has 0 atom stereocenters. The highest BCUT2D eigenvalue weighted by atomic mass is 14.9. The van der Waals surface area contributed by atoms with Crippen molar-refractivity contribution in [1.29, 1.82) is 0 Å². The Morgan fingerprint density at radius 3 is 2.33 bits per heavy atom. The number of hydrogen-bond donors (Lipinski definition) is 1. The number of imidazole rings is 1. The van der Waals surface area contributed by atoms with Crippen molar-refractivity contribution >= 4 is 11.0 Å². The first-order valence-corrected chi connectivity index (χ1v) is 6.35. The highest BCUT2D eigenvalue weighted by Crippen LogP contribution is 2.26. The van der Waals surface area contributed by atoms with Crippen molar-refractivity contribution in [3.8, 4) is 11.1 Å². The maximum Gasteiger partial charge on any atom is 0.104 e. The molecule has 3 aromatic rings. The molecule has 0 aliphatic heterocycles. The van der Waals surface area contributed by atoms with E-state index in [-0.39, 0.29) is 0 Å². The standard InChI is InChI=1S/C14H12N2.C2H6/c1-10-15-13-9-5-8-12(14(13)16-10)11-6-3-2-4-7-11;1-2/h2-9H,1H3,(H,15,16);1-2H3. The van der Waals surface area contributed by atoms with Crippen molar-refractivity contribution in [3.05, 3.63) is 54.4 Å². The van der Waals surface area contributed by atoms with E-state index in [9.17, 15) is 0 Å². The van der Waals surface area contributed by atoms with Crippen molar-refractivity contribution < 1.29 is 0 Å². The lowest BCUT2D eigenvalue weighted by Crippen LogP contribution is -1.79. The summed E-state index contributed by atoms with van der Waals surface area (Å²) >= 11 is 0. The van der Waals surface area contributed by atoms with E-state index in [0.717, 1.165) is 16.9 Å². The number of nitrogens with one attached hydrogen (secondary N) is 1. The second kappa shape index (κ2) is 5.50. The van der Waals surface area contributed by atoms with E-state index in [1.807, 2.05) is 39.0 Å². The minimum atomic E-state index is 0.957. The predicted molar refractivity (Wildman–Crippen MR) is 77.6 cm³/mol. The van der Waals surface area contributed by atoms with Gasteiger partial charge in [-0.2, -0.15) is 0 Å². The third-order valence-corrected chi connectivity index (χ3v) is 2.72. The van der Waals surface area contributed by atoms with Crippen molar-refractivity contribution in [2.75, 3.05) is 0 Å². The maximum atomic E-state index is 4.53. The molecule has 3 rings (SSSR count). The third kappa shape index (κ3) is 2.28. The molecular weight excluding hydrogens is 220 g/mol. The largest absolute Gasteiger partial charge is 0.342 e. The van der Waals surface area contributed by atoms with Crippen molar-refractivity contribution in [2.24, 2.45) is 0 Å². The number of nitrogens with zero attached hydrogens (tertiary/aromatic N) is 1. The predicted octanol–water partition coefficient (Wildman–Crippen LogP) is 4.56. The summed E-state index contributed by atoms with van der Waals surface area (Å²) in [5.41, 5.74) is 4.53. The summed E-state index contributed by atoms with van der Waals surface area (Å²) in [6, 6.07) is 16.6. The summed E-state index contributed by atoms with van der Waals surface area (Å²) in [5.74, 6) is 0.957. The zero-order valence-corrected chi connectivity index (χ0v) is 11.1. The number of aromatic amines is 1. The van der Waals surface area contributed by atoms with Crippen LogP contribution in [0.2, 0.25) is 0 Å². The van der Waals surface area contributed by atoms with E-state index < -0.39 is 0 Å². The summed E-state index contributed by atoms with van der Waals surface area (Å²) < 4.78 is 0. The molecule has 1 aromatic heterocycles. The van der Waals surface area contributed by atoms with Crippen LogP contribution in [0, 0.1) is 6.92 Å². The summed E-state index contributed by atoms with van der Waals surface area (Å²) in [7, 11) is 0. The van der Waals surface area contributed by atoms with Gasteiger partial charge in [0.15, 0.2) is 0 Å². The van der Waals surface area contributed by atoms with Crippen molar-refractivity contribution in [2.45, 2.75) is 20.8 Å². The van der Waals surface area contributed by atoms with Crippen LogP contribution in [0.25, 0.3) is 22.2 Å². The fourth-order valence-electron chi connectivity index (χ4n) is 2.01. The molecule has 92 valence electrons. The Hall–Kier alpha value is -2.09. The zero-order valence-electron chi connectivity index (χ0n) is 11.1. The van der Waals surface area contributed by atoms with E-state index in [0.29, 0.717) is 0 Å². The Balaban J connectivity index is 0.000000574. The Kier molecular flexibility index (Phi) is 3.78. The molecule has 0 aliphatic carbocycles. The van der Waals surface area contributed by atoms with E-state index in [4.69, 9.17) is 0 Å². The normalized spacial score (nSPS) is 9.94. The number of para-hydroxylation sites is 1. The van der Waals surface area contributed by atoms with Gasteiger partial charge in [0, 0.05) is 5.56 Å². The number of H-pyrrole nitrogens is 1. The molecule has 0 aliphatic rings. The SMILES string of the molecule is CC.Cc1nc2c(-c3ccccc3)cccc2[nH]1. The highest BCUT2D eigenvalue weighted by molar-refractivity contribution is 5.91. The van der Waals surface area contributed by atoms with E-state index in [1.165, 1.54) is 11.1 Å². The Morgan fingerprint density at radius 2 is 1.61 bits per heavy atom. The second-order valence-electron chi connectivity index (χ2n) is 3.89. The molecule has 1 N–H and O–H groups in total. The van der Waals surface area contributed by atoms with Crippen LogP contribution in [0.15, 0.2) is 48.5 Å². The third-order valence-electron chi connectivity index (χ3n) is 2.72. The van der Waals surface area contributed by atoms with Gasteiger partial charge in [0.2, 0.25) is 0 Å². The molecule has 18 heavy (non-hydrogen) atoms. The minimum absolute atomic E-state index is 0.957. The average molecular weight is 238 g/mol. The number of hydrogen-bond acceptors (Lipinski definition) is 1. The first kappa shape index (κ1) is 12.4. The van der Waals surface area contributed by atoms with Gasteiger partial charge < -0.3 is 4.98 Å². The first-order chi connectivity index (χ1) is 8.84. The summed E-state index contributed by atoms with van der Waals surface area (Å²) in [6.45, 7) is 5.98. The van der Waals surface area contributed by atoms with Crippen LogP contribution in [0.4, 0.5) is 0 Å². The quantitative estimate of drug-likeness (QED) is 0.661. The molecule has 0 amide bonds. The molecule has 0 fully saturated rings. The van der Waals surface area contributed by atoms with E-state index in [1.54, 1.807) is 0 Å². The van der Waals surface area contributed by atoms with Crippen LogP contribution in [0.5, 0.6) is 0 Å². The van der Waals surface area contributed by atoms with Gasteiger partial charge in [-0.05, 0) is 18.6 Å². The van der Waals surface area contributed by atoms with Gasteiger partial charge in [0.1, 0.15) is 5.82 Å². The number of aryl methyl sites for hydroxylation is 1. The lowest BCUT2D eigenvalue weighted by molar-refractivity contribution is 1.17. The highest BCUT2D eigenvalue weighted by Gasteiger charge is 2.06. The molecular formula is C16H18N2. The lowest BCUT2D eigenvalue weighted by Gasteiger charge is -2.01. The maximum absolute atomic E-state index is 4.53. The molecule has 0 saturated heterocycles. The average Bonchev–Trinajstić information content (AvgIpc) is 2.82. The fourth-order valence-corrected chi connectivity index (χ4v) is 2.01. The monoisotopic (exact) mass is 238 g/mol.